The molecular formula is C14H21ClN2O3. The highest BCUT2D eigenvalue weighted by Gasteiger charge is 2.13. The fraction of sp³-hybridized carbons (Fsp3) is 0.500. The Bertz CT molecular complexity index is 466. The van der Waals surface area contributed by atoms with E-state index in [0.717, 1.165) is 6.42 Å². The van der Waals surface area contributed by atoms with Crippen molar-refractivity contribution in [2.45, 2.75) is 19.8 Å². The number of carbonyl (C=O) groups is 1. The first-order valence-electron chi connectivity index (χ1n) is 6.43. The predicted molar refractivity (Wildman–Crippen MR) is 80.6 cm³/mol. The van der Waals surface area contributed by atoms with E-state index in [1.807, 2.05) is 6.92 Å². The zero-order chi connectivity index (χ0) is 15.1. The molecule has 0 heterocycles. The van der Waals surface area contributed by atoms with Gasteiger partial charge >= 0.3 is 0 Å². The van der Waals surface area contributed by atoms with Crippen LogP contribution in [0.1, 0.15) is 19.8 Å². The summed E-state index contributed by atoms with van der Waals surface area (Å²) in [7, 11) is 3.03. The zero-order valence-electron chi connectivity index (χ0n) is 12.0. The van der Waals surface area contributed by atoms with Gasteiger partial charge in [-0.2, -0.15) is 0 Å². The lowest BCUT2D eigenvalue weighted by Crippen LogP contribution is -2.16. The van der Waals surface area contributed by atoms with Gasteiger partial charge in [-0.05, 0) is 18.9 Å². The first-order valence-corrected chi connectivity index (χ1v) is 6.81. The van der Waals surface area contributed by atoms with Crippen molar-refractivity contribution in [3.05, 3.63) is 17.2 Å². The Balaban J connectivity index is 2.77. The van der Waals surface area contributed by atoms with E-state index >= 15 is 0 Å². The van der Waals surface area contributed by atoms with Gasteiger partial charge in [-0.15, -0.1) is 0 Å². The molecule has 0 aliphatic heterocycles. The van der Waals surface area contributed by atoms with Crippen LogP contribution in [0.4, 0.5) is 5.69 Å². The van der Waals surface area contributed by atoms with Gasteiger partial charge in [0.1, 0.15) is 11.5 Å². The first kappa shape index (κ1) is 16.6. The fourth-order valence-corrected chi connectivity index (χ4v) is 1.90. The summed E-state index contributed by atoms with van der Waals surface area (Å²) in [6.07, 6.45) is 1.15. The second-order valence-electron chi connectivity index (χ2n) is 4.61. The smallest absolute Gasteiger partial charge is 0.224 e. The van der Waals surface area contributed by atoms with Crippen molar-refractivity contribution in [1.29, 1.82) is 0 Å². The van der Waals surface area contributed by atoms with Crippen molar-refractivity contribution in [2.24, 2.45) is 11.7 Å². The van der Waals surface area contributed by atoms with Crippen LogP contribution >= 0.6 is 11.6 Å². The summed E-state index contributed by atoms with van der Waals surface area (Å²) in [6, 6.07) is 3.25. The van der Waals surface area contributed by atoms with Gasteiger partial charge in [-0.3, -0.25) is 4.79 Å². The van der Waals surface area contributed by atoms with E-state index in [-0.39, 0.29) is 5.91 Å². The summed E-state index contributed by atoms with van der Waals surface area (Å²) in [5.41, 5.74) is 6.07. The summed E-state index contributed by atoms with van der Waals surface area (Å²) in [5.74, 6) is 1.21. The van der Waals surface area contributed by atoms with Crippen molar-refractivity contribution in [2.75, 3.05) is 26.1 Å². The molecule has 0 saturated heterocycles. The molecule has 20 heavy (non-hydrogen) atoms. The molecule has 6 heteroatoms. The Hall–Kier alpha value is -1.46. The normalized spacial score (nSPS) is 11.8. The number of methoxy groups -OCH3 is 2. The quantitative estimate of drug-likeness (QED) is 0.812. The monoisotopic (exact) mass is 300 g/mol. The lowest BCUT2D eigenvalue weighted by Gasteiger charge is -2.14. The minimum atomic E-state index is -0.0898. The third-order valence-corrected chi connectivity index (χ3v) is 3.31. The molecule has 1 amide bonds. The number of ether oxygens (including phenoxy) is 2. The van der Waals surface area contributed by atoms with Crippen LogP contribution in [-0.4, -0.2) is 26.7 Å². The van der Waals surface area contributed by atoms with Gasteiger partial charge in [-0.25, -0.2) is 0 Å². The van der Waals surface area contributed by atoms with Crippen LogP contribution in [0, 0.1) is 5.92 Å². The van der Waals surface area contributed by atoms with Crippen molar-refractivity contribution in [3.8, 4) is 11.5 Å². The summed E-state index contributed by atoms with van der Waals surface area (Å²) in [4.78, 5) is 11.9. The fourth-order valence-electron chi connectivity index (χ4n) is 1.67. The number of hydrogen-bond donors (Lipinski definition) is 2. The second kappa shape index (κ2) is 7.97. The molecule has 0 aliphatic rings. The number of rotatable bonds is 7. The minimum Gasteiger partial charge on any atom is -0.495 e. The van der Waals surface area contributed by atoms with E-state index in [4.69, 9.17) is 26.8 Å². The Morgan fingerprint density at radius 3 is 2.55 bits per heavy atom. The van der Waals surface area contributed by atoms with Crippen molar-refractivity contribution < 1.29 is 14.3 Å². The van der Waals surface area contributed by atoms with E-state index in [1.54, 1.807) is 12.1 Å². The molecule has 0 saturated carbocycles. The number of hydrogen-bond acceptors (Lipinski definition) is 4. The van der Waals surface area contributed by atoms with Crippen LogP contribution in [0.3, 0.4) is 0 Å². The highest BCUT2D eigenvalue weighted by molar-refractivity contribution is 6.32. The van der Waals surface area contributed by atoms with Crippen molar-refractivity contribution >= 4 is 23.2 Å². The number of carbonyl (C=O) groups excluding carboxylic acids is 1. The summed E-state index contributed by atoms with van der Waals surface area (Å²) in [5, 5.41) is 3.23. The SMILES string of the molecule is COc1cc(NC(=O)CCC(C)CN)c(OC)cc1Cl. The molecule has 1 atom stereocenters. The molecule has 112 valence electrons. The maximum Gasteiger partial charge on any atom is 0.224 e. The van der Waals surface area contributed by atoms with Crippen LogP contribution in [0.5, 0.6) is 11.5 Å². The molecule has 0 aromatic heterocycles. The Morgan fingerprint density at radius 2 is 2.00 bits per heavy atom. The minimum absolute atomic E-state index is 0.0898. The molecule has 0 spiro atoms. The van der Waals surface area contributed by atoms with Crippen molar-refractivity contribution in [3.63, 3.8) is 0 Å². The van der Waals surface area contributed by atoms with Crippen LogP contribution in [0.2, 0.25) is 5.02 Å². The Kier molecular flexibility index (Phi) is 6.61. The number of benzene rings is 1. The van der Waals surface area contributed by atoms with Gasteiger partial charge in [0.2, 0.25) is 5.91 Å². The zero-order valence-corrected chi connectivity index (χ0v) is 12.8. The molecule has 5 nitrogen and oxygen atoms in total. The molecule has 3 N–H and O–H groups in total. The van der Waals surface area contributed by atoms with Crippen LogP contribution in [0.15, 0.2) is 12.1 Å². The lowest BCUT2D eigenvalue weighted by molar-refractivity contribution is -0.116. The molecule has 0 aliphatic carbocycles. The van der Waals surface area contributed by atoms with Crippen LogP contribution < -0.4 is 20.5 Å². The van der Waals surface area contributed by atoms with Gasteiger partial charge in [0, 0.05) is 18.6 Å². The van der Waals surface area contributed by atoms with E-state index in [0.29, 0.717) is 41.1 Å². The number of nitrogens with one attached hydrogen (secondary N) is 1. The van der Waals surface area contributed by atoms with E-state index < -0.39 is 0 Å². The number of nitrogens with two attached hydrogens (primary N) is 1. The van der Waals surface area contributed by atoms with E-state index in [9.17, 15) is 4.79 Å². The van der Waals surface area contributed by atoms with Gasteiger partial charge in [0.15, 0.2) is 0 Å². The Morgan fingerprint density at radius 1 is 1.35 bits per heavy atom. The molecule has 1 unspecified atom stereocenters. The molecule has 0 radical (unpaired) electrons. The number of amides is 1. The van der Waals surface area contributed by atoms with Gasteiger partial charge < -0.3 is 20.5 Å². The molecule has 0 fully saturated rings. The average Bonchev–Trinajstić information content (AvgIpc) is 2.45. The highest BCUT2D eigenvalue weighted by Crippen LogP contribution is 2.35. The van der Waals surface area contributed by atoms with Gasteiger partial charge in [0.05, 0.1) is 24.9 Å². The largest absolute Gasteiger partial charge is 0.495 e. The highest BCUT2D eigenvalue weighted by atomic mass is 35.5. The first-order chi connectivity index (χ1) is 9.51. The lowest BCUT2D eigenvalue weighted by atomic mass is 10.1. The maximum atomic E-state index is 11.9. The van der Waals surface area contributed by atoms with E-state index in [1.165, 1.54) is 14.2 Å². The van der Waals surface area contributed by atoms with E-state index in [2.05, 4.69) is 5.32 Å². The van der Waals surface area contributed by atoms with Crippen molar-refractivity contribution in [1.82, 2.24) is 0 Å². The topological polar surface area (TPSA) is 73.6 Å². The second-order valence-corrected chi connectivity index (χ2v) is 5.02. The summed E-state index contributed by atoms with van der Waals surface area (Å²) < 4.78 is 10.3. The summed E-state index contributed by atoms with van der Waals surface area (Å²) >= 11 is 6.01. The molecule has 0 bridgehead atoms. The van der Waals surface area contributed by atoms with Crippen LogP contribution in [0.25, 0.3) is 0 Å². The number of halogens is 1. The third-order valence-electron chi connectivity index (χ3n) is 3.01. The standard InChI is InChI=1S/C14H21ClN2O3/c1-9(8-16)4-5-14(18)17-11-7-12(19-2)10(15)6-13(11)20-3/h6-7,9H,4-5,8,16H2,1-3H3,(H,17,18). The molecule has 1 rings (SSSR count). The third kappa shape index (κ3) is 4.58. The van der Waals surface area contributed by atoms with Gasteiger partial charge in [-0.1, -0.05) is 18.5 Å². The van der Waals surface area contributed by atoms with Gasteiger partial charge in [0.25, 0.3) is 0 Å². The summed E-state index contributed by atoms with van der Waals surface area (Å²) in [6.45, 7) is 2.59. The predicted octanol–water partition coefficient (Wildman–Crippen LogP) is 2.67. The average molecular weight is 301 g/mol. The Labute approximate surface area is 124 Å². The molecule has 1 aromatic rings. The van der Waals surface area contributed by atoms with Crippen LogP contribution in [-0.2, 0) is 4.79 Å². The molecular weight excluding hydrogens is 280 g/mol. The number of anilines is 1. The maximum absolute atomic E-state index is 11.9. The molecule has 1 aromatic carbocycles.